The zero-order chi connectivity index (χ0) is 21.6. The monoisotopic (exact) mass is 410 g/mol. The van der Waals surface area contributed by atoms with Crippen LogP contribution in [0.2, 0.25) is 0 Å². The molecule has 0 fully saturated rings. The lowest BCUT2D eigenvalue weighted by molar-refractivity contribution is 0.0601. The number of carbonyl (C=O) groups is 1. The molecule has 4 heteroatoms. The van der Waals surface area contributed by atoms with E-state index in [1.165, 1.54) is 23.6 Å². The number of aromatic nitrogens is 2. The molecule has 1 aromatic heterocycles. The lowest BCUT2D eigenvalue weighted by Gasteiger charge is -2.12. The van der Waals surface area contributed by atoms with Crippen LogP contribution in [0.4, 0.5) is 0 Å². The third-order valence-electron chi connectivity index (χ3n) is 5.60. The summed E-state index contributed by atoms with van der Waals surface area (Å²) in [5.74, 6) is -0.324. The summed E-state index contributed by atoms with van der Waals surface area (Å²) in [6.45, 7) is 2.19. The molecule has 0 saturated carbocycles. The van der Waals surface area contributed by atoms with Crippen LogP contribution in [-0.2, 0) is 17.6 Å². The predicted molar refractivity (Wildman–Crippen MR) is 124 cm³/mol. The minimum atomic E-state index is -0.324. The van der Waals surface area contributed by atoms with E-state index in [-0.39, 0.29) is 5.97 Å². The number of methoxy groups -OCH3 is 1. The van der Waals surface area contributed by atoms with Crippen molar-refractivity contribution < 1.29 is 9.53 Å². The number of carbonyl (C=O) groups excluding carboxylic acids is 1. The Morgan fingerprint density at radius 3 is 2.42 bits per heavy atom. The van der Waals surface area contributed by atoms with Gasteiger partial charge in [-0.15, -0.1) is 0 Å². The van der Waals surface area contributed by atoms with Crippen molar-refractivity contribution in [2.24, 2.45) is 0 Å². The highest BCUT2D eigenvalue weighted by atomic mass is 16.5. The van der Waals surface area contributed by atoms with Gasteiger partial charge >= 0.3 is 5.97 Å². The zero-order valence-corrected chi connectivity index (χ0v) is 18.0. The minimum absolute atomic E-state index is 0.324. The molecule has 31 heavy (non-hydrogen) atoms. The Labute approximate surface area is 182 Å². The molecule has 0 spiro atoms. The van der Waals surface area contributed by atoms with Gasteiger partial charge in [0, 0.05) is 5.39 Å². The van der Waals surface area contributed by atoms with Gasteiger partial charge in [0.05, 0.1) is 23.9 Å². The molecule has 4 rings (SSSR count). The molecular formula is C27H26N2O2. The Morgan fingerprint density at radius 2 is 1.65 bits per heavy atom. The summed E-state index contributed by atoms with van der Waals surface area (Å²) in [6.07, 6.45) is 3.97. The van der Waals surface area contributed by atoms with E-state index >= 15 is 0 Å². The topological polar surface area (TPSA) is 52.1 Å². The maximum atomic E-state index is 12.1. The van der Waals surface area contributed by atoms with Crippen molar-refractivity contribution in [2.45, 2.75) is 32.6 Å². The van der Waals surface area contributed by atoms with Crippen LogP contribution < -0.4 is 0 Å². The van der Waals surface area contributed by atoms with Crippen molar-refractivity contribution in [1.29, 1.82) is 0 Å². The average molecular weight is 411 g/mol. The van der Waals surface area contributed by atoms with Gasteiger partial charge in [-0.3, -0.25) is 0 Å². The molecule has 1 heterocycles. The summed E-state index contributed by atoms with van der Waals surface area (Å²) >= 11 is 0. The molecule has 0 saturated heterocycles. The first-order valence-electron chi connectivity index (χ1n) is 10.7. The number of hydrogen-bond acceptors (Lipinski definition) is 4. The molecular weight excluding hydrogens is 384 g/mol. The molecule has 0 aliphatic rings. The Balaban J connectivity index is 1.68. The summed E-state index contributed by atoms with van der Waals surface area (Å²) in [5.41, 5.74) is 6.91. The number of benzene rings is 3. The Morgan fingerprint density at radius 1 is 0.903 bits per heavy atom. The second kappa shape index (κ2) is 9.52. The van der Waals surface area contributed by atoms with Gasteiger partial charge in [-0.2, -0.15) is 10.2 Å². The lowest BCUT2D eigenvalue weighted by Crippen LogP contribution is -2.04. The van der Waals surface area contributed by atoms with E-state index in [2.05, 4.69) is 53.5 Å². The van der Waals surface area contributed by atoms with Crippen LogP contribution >= 0.6 is 0 Å². The molecule has 0 bridgehead atoms. The van der Waals surface area contributed by atoms with Crippen LogP contribution in [0, 0.1) is 0 Å². The fourth-order valence-electron chi connectivity index (χ4n) is 3.92. The normalized spacial score (nSPS) is 10.9. The highest BCUT2D eigenvalue weighted by Crippen LogP contribution is 2.27. The van der Waals surface area contributed by atoms with E-state index in [9.17, 15) is 4.79 Å². The van der Waals surface area contributed by atoms with E-state index in [1.807, 2.05) is 30.3 Å². The van der Waals surface area contributed by atoms with Gasteiger partial charge in [0.15, 0.2) is 0 Å². The van der Waals surface area contributed by atoms with Gasteiger partial charge in [0.2, 0.25) is 0 Å². The first-order valence-corrected chi connectivity index (χ1v) is 10.7. The molecule has 156 valence electrons. The Bertz CT molecular complexity index is 1200. The number of unbranched alkanes of at least 4 members (excludes halogenated alkanes) is 1. The van der Waals surface area contributed by atoms with Crippen molar-refractivity contribution >= 4 is 16.9 Å². The fraction of sp³-hybridized carbons (Fsp3) is 0.222. The molecule has 0 atom stereocenters. The van der Waals surface area contributed by atoms with Crippen molar-refractivity contribution in [1.82, 2.24) is 10.2 Å². The number of esters is 1. The molecule has 0 radical (unpaired) electrons. The van der Waals surface area contributed by atoms with Gasteiger partial charge in [0.1, 0.15) is 0 Å². The van der Waals surface area contributed by atoms with Crippen LogP contribution in [0.15, 0.2) is 72.8 Å². The largest absolute Gasteiger partial charge is 0.465 e. The quantitative estimate of drug-likeness (QED) is 0.350. The third-order valence-corrected chi connectivity index (χ3v) is 5.60. The van der Waals surface area contributed by atoms with Crippen molar-refractivity contribution in [3.8, 4) is 11.1 Å². The van der Waals surface area contributed by atoms with Gasteiger partial charge in [-0.25, -0.2) is 4.79 Å². The van der Waals surface area contributed by atoms with Gasteiger partial charge in [-0.05, 0) is 53.6 Å². The molecule has 0 N–H and O–H groups in total. The summed E-state index contributed by atoms with van der Waals surface area (Å²) < 4.78 is 4.94. The number of nitrogens with zero attached hydrogens (tertiary/aromatic N) is 2. The SMILES string of the molecule is CCCCc1nnc2ccccc2c1Cc1ccc(-c2ccccc2C(=O)OC)cc1. The van der Waals surface area contributed by atoms with E-state index in [4.69, 9.17) is 4.74 Å². The average Bonchev–Trinajstić information content (AvgIpc) is 2.83. The van der Waals surface area contributed by atoms with Gasteiger partial charge in [0.25, 0.3) is 0 Å². The van der Waals surface area contributed by atoms with Gasteiger partial charge in [-0.1, -0.05) is 74.0 Å². The summed E-state index contributed by atoms with van der Waals surface area (Å²) in [4.78, 5) is 12.1. The second-order valence-corrected chi connectivity index (χ2v) is 7.66. The summed E-state index contributed by atoms with van der Waals surface area (Å²) in [6, 6.07) is 24.1. The number of aryl methyl sites for hydroxylation is 1. The first-order chi connectivity index (χ1) is 15.2. The molecule has 0 aliphatic carbocycles. The Kier molecular flexibility index (Phi) is 6.37. The molecule has 3 aromatic carbocycles. The molecule has 0 unspecified atom stereocenters. The summed E-state index contributed by atoms with van der Waals surface area (Å²) in [7, 11) is 1.41. The molecule has 4 aromatic rings. The maximum absolute atomic E-state index is 12.1. The number of fused-ring (bicyclic) bond motifs is 1. The summed E-state index contributed by atoms with van der Waals surface area (Å²) in [5, 5.41) is 10.1. The van der Waals surface area contributed by atoms with Crippen LogP contribution in [0.1, 0.15) is 46.9 Å². The van der Waals surface area contributed by atoms with E-state index in [0.29, 0.717) is 5.56 Å². The van der Waals surface area contributed by atoms with Crippen molar-refractivity contribution in [3.63, 3.8) is 0 Å². The Hall–Kier alpha value is -3.53. The minimum Gasteiger partial charge on any atom is -0.465 e. The highest BCUT2D eigenvalue weighted by Gasteiger charge is 2.14. The smallest absolute Gasteiger partial charge is 0.338 e. The van der Waals surface area contributed by atoms with Crippen molar-refractivity contribution in [3.05, 3.63) is 95.2 Å². The second-order valence-electron chi connectivity index (χ2n) is 7.66. The maximum Gasteiger partial charge on any atom is 0.338 e. The van der Waals surface area contributed by atoms with Gasteiger partial charge < -0.3 is 4.74 Å². The molecule has 4 nitrogen and oxygen atoms in total. The predicted octanol–water partition coefficient (Wildman–Crippen LogP) is 6.02. The van der Waals surface area contributed by atoms with E-state index in [0.717, 1.165) is 48.0 Å². The first kappa shape index (κ1) is 20.7. The molecule has 0 aliphatic heterocycles. The van der Waals surface area contributed by atoms with Crippen LogP contribution in [0.25, 0.3) is 22.0 Å². The lowest BCUT2D eigenvalue weighted by atomic mass is 9.94. The zero-order valence-electron chi connectivity index (χ0n) is 18.0. The van der Waals surface area contributed by atoms with Crippen LogP contribution in [0.3, 0.4) is 0 Å². The number of ether oxygens (including phenoxy) is 1. The molecule has 0 amide bonds. The van der Waals surface area contributed by atoms with Crippen LogP contribution in [-0.4, -0.2) is 23.3 Å². The van der Waals surface area contributed by atoms with Crippen molar-refractivity contribution in [2.75, 3.05) is 7.11 Å². The number of rotatable bonds is 7. The highest BCUT2D eigenvalue weighted by molar-refractivity contribution is 5.97. The standard InChI is InChI=1S/C27H26N2O2/c1-3-4-12-26-24(22-10-7-8-13-25(22)28-29-26)18-19-14-16-20(17-15-19)21-9-5-6-11-23(21)27(30)31-2/h5-11,13-17H,3-4,12,18H2,1-2H3. The number of hydrogen-bond donors (Lipinski definition) is 0. The van der Waals surface area contributed by atoms with Crippen LogP contribution in [0.5, 0.6) is 0 Å². The third kappa shape index (κ3) is 4.48. The van der Waals surface area contributed by atoms with E-state index < -0.39 is 0 Å². The fourth-order valence-corrected chi connectivity index (χ4v) is 3.92. The van der Waals surface area contributed by atoms with E-state index in [1.54, 1.807) is 6.07 Å².